The fourth-order valence-electron chi connectivity index (χ4n) is 1.43. The van der Waals surface area contributed by atoms with Crippen LogP contribution in [0.3, 0.4) is 0 Å². The molecule has 0 unspecified atom stereocenters. The Morgan fingerprint density at radius 3 is 2.81 bits per heavy atom. The number of hydrogen-bond acceptors (Lipinski definition) is 4. The van der Waals surface area contributed by atoms with Gasteiger partial charge in [-0.2, -0.15) is 0 Å². The van der Waals surface area contributed by atoms with E-state index >= 15 is 0 Å². The van der Waals surface area contributed by atoms with Crippen molar-refractivity contribution in [2.24, 2.45) is 7.05 Å². The Labute approximate surface area is 94.9 Å². The monoisotopic (exact) mass is 226 g/mol. The summed E-state index contributed by atoms with van der Waals surface area (Å²) in [6, 6.07) is 0. The second-order valence-electron chi connectivity index (χ2n) is 3.82. The van der Waals surface area contributed by atoms with Gasteiger partial charge in [0.1, 0.15) is 0 Å². The van der Waals surface area contributed by atoms with Gasteiger partial charge in [-0.15, -0.1) is 0 Å². The number of rotatable bonds is 6. The average molecular weight is 226 g/mol. The van der Waals surface area contributed by atoms with Crippen LogP contribution >= 0.6 is 0 Å². The predicted octanol–water partition coefficient (Wildman–Crippen LogP) is 0.0504. The number of carbonyl (C=O) groups is 1. The highest BCUT2D eigenvalue weighted by Crippen LogP contribution is 2.10. The molecular formula is C10H18N4O2. The number of carboxylic acids is 1. The van der Waals surface area contributed by atoms with Crippen molar-refractivity contribution < 1.29 is 9.90 Å². The maximum Gasteiger partial charge on any atom is 0.304 e. The lowest BCUT2D eigenvalue weighted by Gasteiger charge is -2.12. The molecule has 1 aromatic heterocycles. The van der Waals surface area contributed by atoms with Crippen LogP contribution in [0, 0.1) is 0 Å². The maximum atomic E-state index is 10.3. The Morgan fingerprint density at radius 2 is 2.31 bits per heavy atom. The van der Waals surface area contributed by atoms with Crippen LogP contribution in [-0.4, -0.2) is 41.3 Å². The summed E-state index contributed by atoms with van der Waals surface area (Å²) in [5.41, 5.74) is 1.04. The zero-order valence-electron chi connectivity index (χ0n) is 9.90. The third kappa shape index (κ3) is 3.23. The van der Waals surface area contributed by atoms with Gasteiger partial charge >= 0.3 is 5.97 Å². The highest BCUT2D eigenvalue weighted by atomic mass is 16.4. The Hall–Kier alpha value is -1.56. The highest BCUT2D eigenvalue weighted by molar-refractivity contribution is 5.66. The van der Waals surface area contributed by atoms with Gasteiger partial charge in [-0.05, 0) is 0 Å². The Bertz CT molecular complexity index is 360. The molecule has 1 rings (SSSR count). The molecule has 0 amide bonds. The molecule has 0 saturated carbocycles. The van der Waals surface area contributed by atoms with Crippen LogP contribution in [0.2, 0.25) is 0 Å². The molecule has 0 radical (unpaired) electrons. The van der Waals surface area contributed by atoms with E-state index in [0.717, 1.165) is 11.6 Å². The standard InChI is InChI=1S/C10H18N4O2/c1-13(2)10-12-7-8(14(10)3)6-11-5-4-9(15)16/h7,11H,4-6H2,1-3H3,(H,15,16). The summed E-state index contributed by atoms with van der Waals surface area (Å²) < 4.78 is 1.98. The van der Waals surface area contributed by atoms with Gasteiger partial charge in [0.05, 0.1) is 18.3 Å². The van der Waals surface area contributed by atoms with Gasteiger partial charge in [-0.1, -0.05) is 0 Å². The lowest BCUT2D eigenvalue weighted by atomic mass is 10.4. The molecule has 0 spiro atoms. The first-order valence-electron chi connectivity index (χ1n) is 5.12. The minimum absolute atomic E-state index is 0.137. The van der Waals surface area contributed by atoms with Crippen molar-refractivity contribution in [1.29, 1.82) is 0 Å². The summed E-state index contributed by atoms with van der Waals surface area (Å²) in [4.78, 5) is 16.5. The van der Waals surface area contributed by atoms with E-state index in [4.69, 9.17) is 5.11 Å². The van der Waals surface area contributed by atoms with Gasteiger partial charge < -0.3 is 19.9 Å². The molecule has 0 atom stereocenters. The number of carboxylic acid groups (broad SMARTS) is 1. The SMILES string of the molecule is CN(C)c1ncc(CNCCC(=O)O)n1C. The largest absolute Gasteiger partial charge is 0.481 e. The Morgan fingerprint density at radius 1 is 1.62 bits per heavy atom. The van der Waals surface area contributed by atoms with Crippen molar-refractivity contribution >= 4 is 11.9 Å². The summed E-state index contributed by atoms with van der Waals surface area (Å²) in [5, 5.41) is 11.5. The summed E-state index contributed by atoms with van der Waals surface area (Å²) in [6.45, 7) is 1.10. The van der Waals surface area contributed by atoms with Crippen molar-refractivity contribution in [3.63, 3.8) is 0 Å². The second-order valence-corrected chi connectivity index (χ2v) is 3.82. The third-order valence-corrected chi connectivity index (χ3v) is 2.28. The smallest absolute Gasteiger partial charge is 0.304 e. The number of aliphatic carboxylic acids is 1. The van der Waals surface area contributed by atoms with E-state index in [1.807, 2.05) is 30.6 Å². The highest BCUT2D eigenvalue weighted by Gasteiger charge is 2.07. The molecule has 0 fully saturated rings. The van der Waals surface area contributed by atoms with Crippen LogP contribution in [0.5, 0.6) is 0 Å². The van der Waals surface area contributed by atoms with Gasteiger partial charge in [0.2, 0.25) is 5.95 Å². The number of nitrogens with one attached hydrogen (secondary N) is 1. The average Bonchev–Trinajstić information content (AvgIpc) is 2.54. The fraction of sp³-hybridized carbons (Fsp3) is 0.600. The van der Waals surface area contributed by atoms with Crippen LogP contribution in [0.25, 0.3) is 0 Å². The van der Waals surface area contributed by atoms with Crippen LogP contribution in [0.1, 0.15) is 12.1 Å². The van der Waals surface area contributed by atoms with Crippen LogP contribution in [0.4, 0.5) is 5.95 Å². The molecule has 1 aromatic rings. The molecule has 1 heterocycles. The molecular weight excluding hydrogens is 208 g/mol. The van der Waals surface area contributed by atoms with Gasteiger partial charge in [-0.3, -0.25) is 4.79 Å². The maximum absolute atomic E-state index is 10.3. The minimum atomic E-state index is -0.786. The molecule has 0 aliphatic carbocycles. The van der Waals surface area contributed by atoms with Crippen molar-refractivity contribution in [1.82, 2.24) is 14.9 Å². The quantitative estimate of drug-likeness (QED) is 0.671. The molecule has 6 nitrogen and oxygen atoms in total. The lowest BCUT2D eigenvalue weighted by Crippen LogP contribution is -2.20. The van der Waals surface area contributed by atoms with Crippen molar-refractivity contribution in [2.45, 2.75) is 13.0 Å². The number of hydrogen-bond donors (Lipinski definition) is 2. The number of aromatic nitrogens is 2. The molecule has 0 aliphatic rings. The summed E-state index contributed by atoms with van der Waals surface area (Å²) in [5.74, 6) is 0.0986. The molecule has 16 heavy (non-hydrogen) atoms. The molecule has 90 valence electrons. The number of imidazole rings is 1. The topological polar surface area (TPSA) is 70.4 Å². The number of anilines is 1. The lowest BCUT2D eigenvalue weighted by molar-refractivity contribution is -0.136. The third-order valence-electron chi connectivity index (χ3n) is 2.28. The molecule has 0 aromatic carbocycles. The first kappa shape index (κ1) is 12.5. The number of nitrogens with zero attached hydrogens (tertiary/aromatic N) is 3. The Balaban J connectivity index is 2.45. The van der Waals surface area contributed by atoms with Crippen molar-refractivity contribution in [3.05, 3.63) is 11.9 Å². The Kier molecular flexibility index (Phi) is 4.30. The zero-order chi connectivity index (χ0) is 12.1. The molecule has 0 aliphatic heterocycles. The zero-order valence-corrected chi connectivity index (χ0v) is 9.90. The molecule has 2 N–H and O–H groups in total. The van der Waals surface area contributed by atoms with E-state index < -0.39 is 5.97 Å². The molecule has 0 saturated heterocycles. The molecule has 0 bridgehead atoms. The van der Waals surface area contributed by atoms with Crippen LogP contribution in [0.15, 0.2) is 6.20 Å². The fourth-order valence-corrected chi connectivity index (χ4v) is 1.43. The van der Waals surface area contributed by atoms with Crippen molar-refractivity contribution in [2.75, 3.05) is 25.5 Å². The summed E-state index contributed by atoms with van der Waals surface area (Å²) in [6.07, 6.45) is 1.93. The first-order valence-corrected chi connectivity index (χ1v) is 5.12. The van der Waals surface area contributed by atoms with E-state index in [2.05, 4.69) is 10.3 Å². The van der Waals surface area contributed by atoms with Gasteiger partial charge in [0, 0.05) is 34.2 Å². The molecule has 6 heteroatoms. The van der Waals surface area contributed by atoms with Gasteiger partial charge in [0.25, 0.3) is 0 Å². The summed E-state index contributed by atoms with van der Waals surface area (Å²) in [7, 11) is 5.81. The van der Waals surface area contributed by atoms with Crippen LogP contribution < -0.4 is 10.2 Å². The van der Waals surface area contributed by atoms with Gasteiger partial charge in [-0.25, -0.2) is 4.98 Å². The first-order chi connectivity index (χ1) is 7.52. The second kappa shape index (κ2) is 5.50. The van der Waals surface area contributed by atoms with E-state index in [1.165, 1.54) is 0 Å². The van der Waals surface area contributed by atoms with E-state index in [0.29, 0.717) is 13.1 Å². The summed E-state index contributed by atoms with van der Waals surface area (Å²) >= 11 is 0. The van der Waals surface area contributed by atoms with E-state index in [-0.39, 0.29) is 6.42 Å². The van der Waals surface area contributed by atoms with Gasteiger partial charge in [0.15, 0.2) is 0 Å². The van der Waals surface area contributed by atoms with E-state index in [9.17, 15) is 4.79 Å². The normalized spacial score (nSPS) is 10.4. The minimum Gasteiger partial charge on any atom is -0.481 e. The van der Waals surface area contributed by atoms with Crippen molar-refractivity contribution in [3.8, 4) is 0 Å². The van der Waals surface area contributed by atoms with Crippen LogP contribution in [-0.2, 0) is 18.4 Å². The van der Waals surface area contributed by atoms with E-state index in [1.54, 1.807) is 6.20 Å². The predicted molar refractivity (Wildman–Crippen MR) is 61.5 cm³/mol.